The molecule has 14 heavy (non-hydrogen) atoms. The highest BCUT2D eigenvalue weighted by Gasteiger charge is 2.18. The van der Waals surface area contributed by atoms with Crippen molar-refractivity contribution in [2.75, 3.05) is 0 Å². The molecule has 1 amide bonds. The van der Waals surface area contributed by atoms with Gasteiger partial charge < -0.3 is 10.4 Å². The molecule has 0 aliphatic heterocycles. The molecule has 0 radical (unpaired) electrons. The summed E-state index contributed by atoms with van der Waals surface area (Å²) in [5.41, 5.74) is 0.535. The van der Waals surface area contributed by atoms with Gasteiger partial charge in [-0.15, -0.1) is 0 Å². The minimum atomic E-state index is -0.982. The van der Waals surface area contributed by atoms with Crippen molar-refractivity contribution in [3.05, 3.63) is 11.6 Å². The van der Waals surface area contributed by atoms with Crippen LogP contribution in [0.15, 0.2) is 11.6 Å². The summed E-state index contributed by atoms with van der Waals surface area (Å²) in [6.45, 7) is 5.27. The van der Waals surface area contributed by atoms with Crippen LogP contribution in [0.25, 0.3) is 0 Å². The van der Waals surface area contributed by atoms with E-state index in [0.717, 1.165) is 6.42 Å². The number of aliphatic carboxylic acids is 1. The topological polar surface area (TPSA) is 66.4 Å². The number of amides is 1. The molecular formula is C10H17NO3. The Hall–Kier alpha value is -1.32. The van der Waals surface area contributed by atoms with Gasteiger partial charge in [0.25, 0.3) is 0 Å². The predicted octanol–water partition coefficient (Wildman–Crippen LogP) is 1.32. The summed E-state index contributed by atoms with van der Waals surface area (Å²) in [4.78, 5) is 22.0. The van der Waals surface area contributed by atoms with Crippen molar-refractivity contribution in [3.8, 4) is 0 Å². The zero-order valence-electron chi connectivity index (χ0n) is 8.83. The van der Waals surface area contributed by atoms with Gasteiger partial charge in [-0.3, -0.25) is 4.79 Å². The van der Waals surface area contributed by atoms with E-state index in [1.807, 2.05) is 6.92 Å². The molecule has 0 rings (SSSR count). The smallest absolute Gasteiger partial charge is 0.326 e. The average molecular weight is 199 g/mol. The van der Waals surface area contributed by atoms with Gasteiger partial charge in [-0.05, 0) is 20.3 Å². The summed E-state index contributed by atoms with van der Waals surface area (Å²) in [5.74, 6) is -1.29. The number of carbonyl (C=O) groups excluding carboxylic acids is 1. The third-order valence-corrected chi connectivity index (χ3v) is 1.97. The lowest BCUT2D eigenvalue weighted by Gasteiger charge is -2.13. The Morgan fingerprint density at radius 2 is 2.07 bits per heavy atom. The maximum Gasteiger partial charge on any atom is 0.326 e. The van der Waals surface area contributed by atoms with Gasteiger partial charge in [-0.25, -0.2) is 4.79 Å². The molecule has 4 heteroatoms. The summed E-state index contributed by atoms with van der Waals surface area (Å²) in [6.07, 6.45) is 2.84. The quantitative estimate of drug-likeness (QED) is 0.656. The van der Waals surface area contributed by atoms with Crippen molar-refractivity contribution in [1.82, 2.24) is 5.32 Å². The number of rotatable bonds is 5. The molecule has 0 aromatic carbocycles. The number of nitrogens with one attached hydrogen (secondary N) is 1. The molecule has 0 aliphatic carbocycles. The molecule has 0 aromatic heterocycles. The van der Waals surface area contributed by atoms with Crippen LogP contribution in [0.4, 0.5) is 0 Å². The molecule has 1 atom stereocenters. The monoisotopic (exact) mass is 199 g/mol. The molecule has 80 valence electrons. The molecule has 0 bridgehead atoms. The van der Waals surface area contributed by atoms with Crippen LogP contribution in [-0.4, -0.2) is 23.0 Å². The third kappa shape index (κ3) is 4.07. The summed E-state index contributed by atoms with van der Waals surface area (Å²) in [5, 5.41) is 11.2. The molecule has 0 heterocycles. The minimum absolute atomic E-state index is 0.312. The standard InChI is InChI=1S/C10H17NO3/c1-4-6-8(10(13)14)11-9(12)7(3)5-2/h5,8H,4,6H2,1-3H3,(H,11,12)(H,13,14). The zero-order chi connectivity index (χ0) is 11.1. The maximum absolute atomic E-state index is 11.3. The van der Waals surface area contributed by atoms with E-state index in [-0.39, 0.29) is 5.91 Å². The SMILES string of the molecule is CC=C(C)C(=O)NC(CCC)C(=O)O. The fourth-order valence-electron chi connectivity index (χ4n) is 0.949. The lowest BCUT2D eigenvalue weighted by atomic mass is 10.1. The van der Waals surface area contributed by atoms with Crippen LogP contribution in [0.2, 0.25) is 0 Å². The van der Waals surface area contributed by atoms with E-state index in [9.17, 15) is 9.59 Å². The van der Waals surface area contributed by atoms with Gasteiger partial charge in [0.1, 0.15) is 6.04 Å². The Morgan fingerprint density at radius 1 is 1.50 bits per heavy atom. The number of carbonyl (C=O) groups is 2. The average Bonchev–Trinajstić information content (AvgIpc) is 2.15. The largest absolute Gasteiger partial charge is 0.480 e. The lowest BCUT2D eigenvalue weighted by Crippen LogP contribution is -2.40. The second kappa shape index (κ2) is 6.18. The van der Waals surface area contributed by atoms with E-state index in [1.54, 1.807) is 19.9 Å². The van der Waals surface area contributed by atoms with Crippen LogP contribution in [0.3, 0.4) is 0 Å². The molecule has 0 fully saturated rings. The van der Waals surface area contributed by atoms with Gasteiger partial charge >= 0.3 is 5.97 Å². The number of hydrogen-bond acceptors (Lipinski definition) is 2. The molecule has 0 aliphatic rings. The molecule has 2 N–H and O–H groups in total. The molecule has 0 spiro atoms. The van der Waals surface area contributed by atoms with Crippen LogP contribution >= 0.6 is 0 Å². The van der Waals surface area contributed by atoms with Gasteiger partial charge in [0.15, 0.2) is 0 Å². The van der Waals surface area contributed by atoms with Crippen molar-refractivity contribution in [3.63, 3.8) is 0 Å². The van der Waals surface area contributed by atoms with E-state index in [1.165, 1.54) is 0 Å². The van der Waals surface area contributed by atoms with Crippen molar-refractivity contribution in [2.24, 2.45) is 0 Å². The lowest BCUT2D eigenvalue weighted by molar-refractivity contribution is -0.141. The fourth-order valence-corrected chi connectivity index (χ4v) is 0.949. The van der Waals surface area contributed by atoms with Gasteiger partial charge in [-0.1, -0.05) is 19.4 Å². The Bertz CT molecular complexity index is 246. The number of carboxylic acid groups (broad SMARTS) is 1. The first-order valence-corrected chi connectivity index (χ1v) is 4.69. The van der Waals surface area contributed by atoms with E-state index >= 15 is 0 Å². The Labute approximate surface area is 84.0 Å². The first kappa shape index (κ1) is 12.7. The predicted molar refractivity (Wildman–Crippen MR) is 53.9 cm³/mol. The summed E-state index contributed by atoms with van der Waals surface area (Å²) >= 11 is 0. The molecule has 0 saturated carbocycles. The Balaban J connectivity index is 4.30. The minimum Gasteiger partial charge on any atom is -0.480 e. The zero-order valence-corrected chi connectivity index (χ0v) is 8.83. The van der Waals surface area contributed by atoms with Crippen LogP contribution < -0.4 is 5.32 Å². The molecule has 0 saturated heterocycles. The highest BCUT2D eigenvalue weighted by atomic mass is 16.4. The van der Waals surface area contributed by atoms with E-state index < -0.39 is 12.0 Å². The molecule has 4 nitrogen and oxygen atoms in total. The van der Waals surface area contributed by atoms with Gasteiger partial charge in [0, 0.05) is 5.57 Å². The van der Waals surface area contributed by atoms with Crippen molar-refractivity contribution in [2.45, 2.75) is 39.7 Å². The third-order valence-electron chi connectivity index (χ3n) is 1.97. The second-order valence-electron chi connectivity index (χ2n) is 3.12. The normalized spacial score (nSPS) is 13.5. The van der Waals surface area contributed by atoms with E-state index in [0.29, 0.717) is 12.0 Å². The second-order valence-corrected chi connectivity index (χ2v) is 3.12. The van der Waals surface area contributed by atoms with Gasteiger partial charge in [0.2, 0.25) is 5.91 Å². The summed E-state index contributed by atoms with van der Waals surface area (Å²) < 4.78 is 0. The summed E-state index contributed by atoms with van der Waals surface area (Å²) in [6, 6.07) is -0.776. The Kier molecular flexibility index (Phi) is 5.60. The van der Waals surface area contributed by atoms with Crippen LogP contribution in [0.5, 0.6) is 0 Å². The van der Waals surface area contributed by atoms with E-state index in [4.69, 9.17) is 5.11 Å². The summed E-state index contributed by atoms with van der Waals surface area (Å²) in [7, 11) is 0. The van der Waals surface area contributed by atoms with Gasteiger partial charge in [0.05, 0.1) is 0 Å². The van der Waals surface area contributed by atoms with Crippen molar-refractivity contribution < 1.29 is 14.7 Å². The van der Waals surface area contributed by atoms with Gasteiger partial charge in [-0.2, -0.15) is 0 Å². The Morgan fingerprint density at radius 3 is 2.43 bits per heavy atom. The highest BCUT2D eigenvalue weighted by Crippen LogP contribution is 1.99. The number of allylic oxidation sites excluding steroid dienone is 1. The van der Waals surface area contributed by atoms with Crippen molar-refractivity contribution in [1.29, 1.82) is 0 Å². The highest BCUT2D eigenvalue weighted by molar-refractivity contribution is 5.95. The first-order chi connectivity index (χ1) is 6.52. The van der Waals surface area contributed by atoms with Crippen molar-refractivity contribution >= 4 is 11.9 Å². The van der Waals surface area contributed by atoms with Crippen LogP contribution in [-0.2, 0) is 9.59 Å². The molecular weight excluding hydrogens is 182 g/mol. The first-order valence-electron chi connectivity index (χ1n) is 4.69. The van der Waals surface area contributed by atoms with Crippen LogP contribution in [0, 0.1) is 0 Å². The molecule has 1 unspecified atom stereocenters. The number of hydrogen-bond donors (Lipinski definition) is 2. The van der Waals surface area contributed by atoms with Crippen LogP contribution in [0.1, 0.15) is 33.6 Å². The number of carboxylic acids is 1. The molecule has 0 aromatic rings. The van der Waals surface area contributed by atoms with E-state index in [2.05, 4.69) is 5.32 Å². The maximum atomic E-state index is 11.3. The fraction of sp³-hybridized carbons (Fsp3) is 0.600.